The molecule has 0 radical (unpaired) electrons. The highest BCUT2D eigenvalue weighted by Gasteiger charge is 2.44. The van der Waals surface area contributed by atoms with Crippen LogP contribution in [-0.2, 0) is 19.5 Å². The van der Waals surface area contributed by atoms with Gasteiger partial charge in [0.05, 0.1) is 11.5 Å². The average molecular weight is 382 g/mol. The molecule has 0 bridgehead atoms. The number of halogens is 1. The minimum absolute atomic E-state index is 0.0752. The predicted molar refractivity (Wildman–Crippen MR) is 92.8 cm³/mol. The van der Waals surface area contributed by atoms with Crippen molar-refractivity contribution in [2.75, 3.05) is 5.75 Å². The zero-order chi connectivity index (χ0) is 19.5. The van der Waals surface area contributed by atoms with Crippen LogP contribution in [0.15, 0.2) is 23.4 Å². The first-order valence-corrected chi connectivity index (χ1v) is 9.40. The van der Waals surface area contributed by atoms with Crippen LogP contribution in [0.2, 0.25) is 0 Å². The summed E-state index contributed by atoms with van der Waals surface area (Å²) in [7, 11) is -3.97. The fourth-order valence-electron chi connectivity index (χ4n) is 2.38. The highest BCUT2D eigenvalue weighted by molar-refractivity contribution is 7.93. The lowest BCUT2D eigenvalue weighted by Crippen LogP contribution is -2.49. The Morgan fingerprint density at radius 3 is 2.77 bits per heavy atom. The van der Waals surface area contributed by atoms with Gasteiger partial charge in [-0.05, 0) is 39.0 Å². The summed E-state index contributed by atoms with van der Waals surface area (Å²) < 4.78 is 37.3. The molecule has 0 saturated carbocycles. The molecule has 0 spiro atoms. The largest absolute Gasteiger partial charge is 0.391 e. The van der Waals surface area contributed by atoms with Crippen molar-refractivity contribution in [3.05, 3.63) is 35.1 Å². The number of benzene rings is 1. The van der Waals surface area contributed by atoms with E-state index < -0.39 is 38.2 Å². The molecular formula is C17H19FN2O5S. The zero-order valence-electron chi connectivity index (χ0n) is 14.5. The van der Waals surface area contributed by atoms with Crippen LogP contribution in [0.4, 0.5) is 4.39 Å². The lowest BCUT2D eigenvalue weighted by Gasteiger charge is -2.23. The molecule has 1 aliphatic heterocycles. The number of carbonyl (C=O) groups is 1. The fraction of sp³-hybridized carbons (Fsp3) is 0.412. The van der Waals surface area contributed by atoms with E-state index in [0.717, 1.165) is 0 Å². The number of nitrogens with one attached hydrogen (secondary N) is 1. The molecule has 1 unspecified atom stereocenters. The molecule has 1 atom stereocenters. The van der Waals surface area contributed by atoms with Crippen LogP contribution in [0, 0.1) is 17.7 Å². The minimum Gasteiger partial charge on any atom is -0.391 e. The van der Waals surface area contributed by atoms with Gasteiger partial charge < -0.3 is 4.84 Å². The van der Waals surface area contributed by atoms with Gasteiger partial charge in [-0.25, -0.2) is 18.3 Å². The predicted octanol–water partition coefficient (Wildman–Crippen LogP) is 1.39. The smallest absolute Gasteiger partial charge is 0.264 e. The van der Waals surface area contributed by atoms with Crippen LogP contribution in [0.25, 0.3) is 0 Å². The Morgan fingerprint density at radius 2 is 2.19 bits per heavy atom. The summed E-state index contributed by atoms with van der Waals surface area (Å²) in [4.78, 5) is 16.7. The molecule has 0 aromatic heterocycles. The highest BCUT2D eigenvalue weighted by Crippen LogP contribution is 2.25. The van der Waals surface area contributed by atoms with E-state index in [2.05, 4.69) is 17.0 Å². The number of rotatable bonds is 5. The van der Waals surface area contributed by atoms with E-state index >= 15 is 0 Å². The molecule has 1 aromatic rings. The molecule has 0 aliphatic carbocycles. The molecule has 9 heteroatoms. The monoisotopic (exact) mass is 382 g/mol. The van der Waals surface area contributed by atoms with Gasteiger partial charge in [0.2, 0.25) is 0 Å². The van der Waals surface area contributed by atoms with E-state index in [9.17, 15) is 17.6 Å². The molecule has 1 amide bonds. The van der Waals surface area contributed by atoms with E-state index in [4.69, 9.17) is 10.0 Å². The van der Waals surface area contributed by atoms with Crippen molar-refractivity contribution in [3.8, 4) is 11.8 Å². The van der Waals surface area contributed by atoms with Crippen molar-refractivity contribution in [2.24, 2.45) is 5.16 Å². The Labute approximate surface area is 151 Å². The third-order valence-corrected chi connectivity index (χ3v) is 6.66. The highest BCUT2D eigenvalue weighted by atomic mass is 32.2. The zero-order valence-corrected chi connectivity index (χ0v) is 15.4. The van der Waals surface area contributed by atoms with Gasteiger partial charge >= 0.3 is 0 Å². The number of hydroxylamine groups is 1. The quantitative estimate of drug-likeness (QED) is 0.455. The molecule has 140 valence electrons. The topological polar surface area (TPSA) is 105 Å². The van der Waals surface area contributed by atoms with Crippen LogP contribution in [-0.4, -0.2) is 41.8 Å². The molecule has 1 heterocycles. The van der Waals surface area contributed by atoms with Crippen molar-refractivity contribution in [2.45, 2.75) is 38.0 Å². The third kappa shape index (κ3) is 3.86. The van der Waals surface area contributed by atoms with Gasteiger partial charge in [-0.1, -0.05) is 11.1 Å². The molecule has 2 N–H and O–H groups in total. The lowest BCUT2D eigenvalue weighted by molar-refractivity contribution is -0.131. The number of hydrogen-bond acceptors (Lipinski definition) is 6. The van der Waals surface area contributed by atoms with E-state index in [1.54, 1.807) is 13.0 Å². The molecule has 26 heavy (non-hydrogen) atoms. The third-order valence-electron chi connectivity index (χ3n) is 4.11. The van der Waals surface area contributed by atoms with E-state index in [-0.39, 0.29) is 17.7 Å². The SMILES string of the molecule is CC#Cc1ccc(C2=NOC(CS(=O)(=O)C(C)(C)C(=O)NO)C2)c(F)c1. The van der Waals surface area contributed by atoms with Crippen LogP contribution >= 0.6 is 0 Å². The summed E-state index contributed by atoms with van der Waals surface area (Å²) in [5.74, 6) is 3.34. The molecule has 2 rings (SSSR count). The standard InChI is InChI=1S/C17H19FN2O5S/c1-4-5-11-6-7-13(14(18)8-11)15-9-12(25-20-15)10-26(23,24)17(2,3)16(21)19-22/h6-8,12,22H,9-10H2,1-3H3,(H,19,21). The van der Waals surface area contributed by atoms with Gasteiger partial charge in [-0.3, -0.25) is 10.0 Å². The summed E-state index contributed by atoms with van der Waals surface area (Å²) >= 11 is 0. The number of hydrogen-bond donors (Lipinski definition) is 2. The second-order valence-electron chi connectivity index (χ2n) is 6.27. The lowest BCUT2D eigenvalue weighted by atomic mass is 10.0. The Kier molecular flexibility index (Phi) is 5.68. The average Bonchev–Trinajstić information content (AvgIpc) is 3.01. The number of nitrogens with zero attached hydrogens (tertiary/aromatic N) is 1. The fourth-order valence-corrected chi connectivity index (χ4v) is 3.79. The maximum atomic E-state index is 14.2. The van der Waals surface area contributed by atoms with Crippen molar-refractivity contribution in [3.63, 3.8) is 0 Å². The Balaban J connectivity index is 2.13. The van der Waals surface area contributed by atoms with Gasteiger partial charge in [0.25, 0.3) is 5.91 Å². The summed E-state index contributed by atoms with van der Waals surface area (Å²) in [6.07, 6.45) is -0.776. The molecule has 0 saturated heterocycles. The van der Waals surface area contributed by atoms with Gasteiger partial charge in [-0.15, -0.1) is 5.92 Å². The van der Waals surface area contributed by atoms with E-state index in [0.29, 0.717) is 5.56 Å². The molecule has 1 aromatic carbocycles. The molecule has 7 nitrogen and oxygen atoms in total. The van der Waals surface area contributed by atoms with Gasteiger partial charge in [0.15, 0.2) is 9.84 Å². The van der Waals surface area contributed by atoms with Crippen molar-refractivity contribution in [1.82, 2.24) is 5.48 Å². The number of sulfone groups is 1. The van der Waals surface area contributed by atoms with E-state index in [1.165, 1.54) is 31.5 Å². The first kappa shape index (κ1) is 19.9. The van der Waals surface area contributed by atoms with E-state index in [1.807, 2.05) is 0 Å². The summed E-state index contributed by atoms with van der Waals surface area (Å²) in [6.45, 7) is 4.00. The first-order valence-electron chi connectivity index (χ1n) is 7.74. The Morgan fingerprint density at radius 1 is 1.50 bits per heavy atom. The maximum absolute atomic E-state index is 14.2. The number of amides is 1. The maximum Gasteiger partial charge on any atom is 0.264 e. The number of carbonyl (C=O) groups excluding carboxylic acids is 1. The normalized spacial score (nSPS) is 17.0. The van der Waals surface area contributed by atoms with Crippen LogP contribution < -0.4 is 5.48 Å². The van der Waals surface area contributed by atoms with Crippen LogP contribution in [0.5, 0.6) is 0 Å². The van der Waals surface area contributed by atoms with Crippen molar-refractivity contribution < 1.29 is 27.6 Å². The van der Waals surface area contributed by atoms with Crippen LogP contribution in [0.1, 0.15) is 38.3 Å². The first-order chi connectivity index (χ1) is 12.1. The van der Waals surface area contributed by atoms with Crippen molar-refractivity contribution in [1.29, 1.82) is 0 Å². The van der Waals surface area contributed by atoms with Gasteiger partial charge in [0.1, 0.15) is 16.7 Å². The summed E-state index contributed by atoms with van der Waals surface area (Å²) in [6, 6.07) is 4.42. The minimum atomic E-state index is -3.97. The van der Waals surface area contributed by atoms with Gasteiger partial charge in [-0.2, -0.15) is 0 Å². The Bertz CT molecular complexity index is 913. The molecule has 1 aliphatic rings. The second-order valence-corrected chi connectivity index (χ2v) is 8.86. The van der Waals surface area contributed by atoms with Gasteiger partial charge in [0, 0.05) is 17.5 Å². The summed E-state index contributed by atoms with van der Waals surface area (Å²) in [5.41, 5.74) is 2.35. The van der Waals surface area contributed by atoms with Crippen molar-refractivity contribution >= 4 is 21.5 Å². The molecule has 0 fully saturated rings. The summed E-state index contributed by atoms with van der Waals surface area (Å²) in [5, 5.41) is 12.5. The van der Waals surface area contributed by atoms with Crippen LogP contribution in [0.3, 0.4) is 0 Å². The Hall–Kier alpha value is -2.44. The number of oxime groups is 1. The molecular weight excluding hydrogens is 363 g/mol. The second kappa shape index (κ2) is 7.43.